The second-order valence-corrected chi connectivity index (χ2v) is 6.14. The zero-order valence-corrected chi connectivity index (χ0v) is 11.3. The van der Waals surface area contributed by atoms with Gasteiger partial charge in [-0.05, 0) is 36.7 Å². The van der Waals surface area contributed by atoms with Crippen LogP contribution in [0.2, 0.25) is 0 Å². The van der Waals surface area contributed by atoms with Crippen LogP contribution in [0.5, 0.6) is 5.75 Å². The average Bonchev–Trinajstić information content (AvgIpc) is 2.26. The van der Waals surface area contributed by atoms with Gasteiger partial charge < -0.3 is 4.74 Å². The maximum atomic E-state index is 8.82. The first kappa shape index (κ1) is 12.9. The summed E-state index contributed by atoms with van der Waals surface area (Å²) in [5.74, 6) is 1.45. The lowest BCUT2D eigenvalue weighted by atomic mass is 9.71. The number of ether oxygens (including phenoxy) is 1. The van der Waals surface area contributed by atoms with Crippen LogP contribution in [0.25, 0.3) is 0 Å². The Labute approximate surface area is 109 Å². The lowest BCUT2D eigenvalue weighted by Crippen LogP contribution is -2.34. The number of pyridine rings is 1. The Bertz CT molecular complexity index is 462. The second-order valence-electron chi connectivity index (χ2n) is 6.14. The van der Waals surface area contributed by atoms with E-state index in [0.29, 0.717) is 17.0 Å². The number of aromatic nitrogens is 1. The summed E-state index contributed by atoms with van der Waals surface area (Å²) in [6.45, 7) is 6.88. The zero-order valence-electron chi connectivity index (χ0n) is 11.3. The van der Waals surface area contributed by atoms with Gasteiger partial charge in [-0.2, -0.15) is 5.26 Å². The minimum absolute atomic E-state index is 0.248. The highest BCUT2D eigenvalue weighted by Gasteiger charge is 2.33. The smallest absolute Gasteiger partial charge is 0.144 e. The second kappa shape index (κ2) is 4.97. The van der Waals surface area contributed by atoms with Crippen molar-refractivity contribution in [1.29, 1.82) is 5.26 Å². The fourth-order valence-corrected chi connectivity index (χ4v) is 3.09. The first-order valence-electron chi connectivity index (χ1n) is 6.51. The molecule has 0 aliphatic heterocycles. The van der Waals surface area contributed by atoms with Gasteiger partial charge in [-0.15, -0.1) is 0 Å². The van der Waals surface area contributed by atoms with Crippen molar-refractivity contribution in [2.24, 2.45) is 11.3 Å². The Morgan fingerprint density at radius 2 is 2.22 bits per heavy atom. The van der Waals surface area contributed by atoms with Gasteiger partial charge in [0.15, 0.2) is 0 Å². The van der Waals surface area contributed by atoms with Crippen molar-refractivity contribution in [2.75, 3.05) is 0 Å². The van der Waals surface area contributed by atoms with E-state index in [1.54, 1.807) is 12.3 Å². The van der Waals surface area contributed by atoms with Crippen molar-refractivity contribution >= 4 is 0 Å². The predicted molar refractivity (Wildman–Crippen MR) is 70.2 cm³/mol. The van der Waals surface area contributed by atoms with Crippen LogP contribution in [0.3, 0.4) is 0 Å². The molecule has 0 aromatic carbocycles. The number of hydrogen-bond acceptors (Lipinski definition) is 3. The highest BCUT2D eigenvalue weighted by Crippen LogP contribution is 2.39. The van der Waals surface area contributed by atoms with Crippen molar-refractivity contribution in [3.63, 3.8) is 0 Å². The van der Waals surface area contributed by atoms with E-state index in [1.165, 1.54) is 6.42 Å². The highest BCUT2D eigenvalue weighted by atomic mass is 16.5. The van der Waals surface area contributed by atoms with Gasteiger partial charge in [0.1, 0.15) is 17.5 Å². The molecule has 1 aliphatic carbocycles. The summed E-state index contributed by atoms with van der Waals surface area (Å²) in [6, 6.07) is 5.58. The molecule has 0 spiro atoms. The van der Waals surface area contributed by atoms with Gasteiger partial charge in [0.2, 0.25) is 0 Å². The fourth-order valence-electron chi connectivity index (χ4n) is 3.09. The Kier molecular flexibility index (Phi) is 3.56. The normalized spacial score (nSPS) is 26.3. The lowest BCUT2D eigenvalue weighted by Gasteiger charge is -2.38. The molecule has 0 bridgehead atoms. The molecule has 0 saturated heterocycles. The largest absolute Gasteiger partial charge is 0.490 e. The lowest BCUT2D eigenvalue weighted by molar-refractivity contribution is 0.0562. The number of hydrogen-bond donors (Lipinski definition) is 0. The van der Waals surface area contributed by atoms with E-state index in [1.807, 2.05) is 12.1 Å². The van der Waals surface area contributed by atoms with E-state index in [4.69, 9.17) is 10.00 Å². The van der Waals surface area contributed by atoms with Crippen molar-refractivity contribution < 1.29 is 4.74 Å². The minimum atomic E-state index is 0.248. The monoisotopic (exact) mass is 244 g/mol. The van der Waals surface area contributed by atoms with Gasteiger partial charge >= 0.3 is 0 Å². The van der Waals surface area contributed by atoms with Crippen LogP contribution in [0.15, 0.2) is 18.3 Å². The van der Waals surface area contributed by atoms with Crippen molar-refractivity contribution in [2.45, 2.75) is 46.1 Å². The van der Waals surface area contributed by atoms with Crippen molar-refractivity contribution in [3.8, 4) is 11.8 Å². The van der Waals surface area contributed by atoms with Gasteiger partial charge in [0.05, 0.1) is 6.10 Å². The molecule has 2 atom stereocenters. The Morgan fingerprint density at radius 1 is 1.44 bits per heavy atom. The van der Waals surface area contributed by atoms with Crippen LogP contribution < -0.4 is 4.74 Å². The fraction of sp³-hybridized carbons (Fsp3) is 0.600. The third kappa shape index (κ3) is 3.22. The molecule has 1 heterocycles. The molecule has 3 nitrogen and oxygen atoms in total. The van der Waals surface area contributed by atoms with E-state index in [-0.39, 0.29) is 6.10 Å². The molecule has 1 aromatic rings. The highest BCUT2D eigenvalue weighted by molar-refractivity contribution is 5.29. The first-order valence-corrected chi connectivity index (χ1v) is 6.51. The average molecular weight is 244 g/mol. The summed E-state index contributed by atoms with van der Waals surface area (Å²) >= 11 is 0. The van der Waals surface area contributed by atoms with Crippen LogP contribution in [-0.2, 0) is 0 Å². The Morgan fingerprint density at radius 3 is 2.89 bits per heavy atom. The quantitative estimate of drug-likeness (QED) is 0.799. The van der Waals surface area contributed by atoms with E-state index >= 15 is 0 Å². The molecule has 96 valence electrons. The summed E-state index contributed by atoms with van der Waals surface area (Å²) in [6.07, 6.45) is 5.30. The zero-order chi connectivity index (χ0) is 13.2. The van der Waals surface area contributed by atoms with E-state index < -0.39 is 0 Å². The predicted octanol–water partition coefficient (Wildman–Crippen LogP) is 3.55. The molecule has 0 radical (unpaired) electrons. The summed E-state index contributed by atoms with van der Waals surface area (Å²) in [7, 11) is 0. The topological polar surface area (TPSA) is 45.9 Å². The van der Waals surface area contributed by atoms with Gasteiger partial charge in [0.25, 0.3) is 0 Å². The molecular formula is C15H20N2O. The van der Waals surface area contributed by atoms with Crippen LogP contribution >= 0.6 is 0 Å². The molecular weight excluding hydrogens is 224 g/mol. The number of rotatable bonds is 2. The number of nitrogens with zero attached hydrogens (tertiary/aromatic N) is 2. The third-order valence-corrected chi connectivity index (χ3v) is 3.50. The van der Waals surface area contributed by atoms with Crippen molar-refractivity contribution in [3.05, 3.63) is 24.0 Å². The maximum Gasteiger partial charge on any atom is 0.144 e. The van der Waals surface area contributed by atoms with Crippen LogP contribution in [-0.4, -0.2) is 11.1 Å². The summed E-state index contributed by atoms with van der Waals surface area (Å²) in [5, 5.41) is 8.82. The Hall–Kier alpha value is -1.56. The molecule has 1 aromatic heterocycles. The molecule has 1 saturated carbocycles. The van der Waals surface area contributed by atoms with Gasteiger partial charge in [-0.1, -0.05) is 20.8 Å². The molecule has 2 rings (SSSR count). The SMILES string of the molecule is CC1CC(Oc2ccnc(C#N)c2)CC(C)(C)C1. The van der Waals surface area contributed by atoms with Crippen LogP contribution in [0.1, 0.15) is 45.7 Å². The molecule has 0 amide bonds. The molecule has 1 fully saturated rings. The van der Waals surface area contributed by atoms with E-state index in [0.717, 1.165) is 18.6 Å². The molecule has 0 N–H and O–H groups in total. The van der Waals surface area contributed by atoms with E-state index in [2.05, 4.69) is 25.8 Å². The van der Waals surface area contributed by atoms with Crippen LogP contribution in [0, 0.1) is 22.7 Å². The molecule has 18 heavy (non-hydrogen) atoms. The maximum absolute atomic E-state index is 8.82. The molecule has 3 heteroatoms. The van der Waals surface area contributed by atoms with Gasteiger partial charge in [-0.25, -0.2) is 4.98 Å². The summed E-state index contributed by atoms with van der Waals surface area (Å²) in [4.78, 5) is 3.95. The Balaban J connectivity index is 2.07. The molecule has 1 aliphatic rings. The minimum Gasteiger partial charge on any atom is -0.490 e. The van der Waals surface area contributed by atoms with Gasteiger partial charge in [-0.3, -0.25) is 0 Å². The van der Waals surface area contributed by atoms with E-state index in [9.17, 15) is 0 Å². The standard InChI is InChI=1S/C15H20N2O/c1-11-6-14(9-15(2,3)8-11)18-13-4-5-17-12(7-13)10-16/h4-5,7,11,14H,6,8-9H2,1-3H3. The summed E-state index contributed by atoms with van der Waals surface area (Å²) < 4.78 is 6.01. The van der Waals surface area contributed by atoms with Crippen molar-refractivity contribution in [1.82, 2.24) is 4.98 Å². The molecule has 2 unspecified atom stereocenters. The number of nitriles is 1. The van der Waals surface area contributed by atoms with Crippen LogP contribution in [0.4, 0.5) is 0 Å². The first-order chi connectivity index (χ1) is 8.48. The third-order valence-electron chi connectivity index (χ3n) is 3.50. The summed E-state index contributed by atoms with van der Waals surface area (Å²) in [5.41, 5.74) is 0.753. The van der Waals surface area contributed by atoms with Gasteiger partial charge in [0, 0.05) is 12.3 Å².